The maximum atomic E-state index is 5.57. The van der Waals surface area contributed by atoms with Crippen LogP contribution >= 0.6 is 0 Å². The highest BCUT2D eigenvalue weighted by Crippen LogP contribution is 2.07. The Morgan fingerprint density at radius 1 is 1.46 bits per heavy atom. The minimum atomic E-state index is 0.695. The van der Waals surface area contributed by atoms with Gasteiger partial charge in [0.05, 0.1) is 0 Å². The first-order valence-corrected chi connectivity index (χ1v) is 5.40. The zero-order chi connectivity index (χ0) is 9.52. The predicted molar refractivity (Wildman–Crippen MR) is 57.6 cm³/mol. The van der Waals surface area contributed by atoms with Gasteiger partial charge in [-0.05, 0) is 38.3 Å². The molecule has 1 aliphatic heterocycles. The fourth-order valence-corrected chi connectivity index (χ4v) is 1.67. The standard InChI is InChI=1S/C11H22N2/c1-11(10-12)6-5-9-13-7-3-2-4-8-13/h2-3,11H,4-10,12H2,1H3. The van der Waals surface area contributed by atoms with Crippen LogP contribution in [0.15, 0.2) is 12.2 Å². The SMILES string of the molecule is CC(CN)CCCN1CC=CCC1. The number of nitrogens with two attached hydrogens (primary N) is 1. The first-order valence-electron chi connectivity index (χ1n) is 5.40. The van der Waals surface area contributed by atoms with Gasteiger partial charge in [0.2, 0.25) is 0 Å². The lowest BCUT2D eigenvalue weighted by Gasteiger charge is -2.23. The lowest BCUT2D eigenvalue weighted by atomic mass is 10.1. The van der Waals surface area contributed by atoms with E-state index in [1.54, 1.807) is 0 Å². The number of hydrogen-bond donors (Lipinski definition) is 1. The second kappa shape index (κ2) is 6.17. The van der Waals surface area contributed by atoms with Gasteiger partial charge in [0, 0.05) is 13.1 Å². The first kappa shape index (κ1) is 10.7. The van der Waals surface area contributed by atoms with Crippen LogP contribution < -0.4 is 5.73 Å². The molecule has 0 saturated carbocycles. The Morgan fingerprint density at radius 3 is 2.92 bits per heavy atom. The molecule has 1 aliphatic rings. The van der Waals surface area contributed by atoms with E-state index in [9.17, 15) is 0 Å². The summed E-state index contributed by atoms with van der Waals surface area (Å²) in [5.74, 6) is 0.695. The normalized spacial score (nSPS) is 20.5. The second-order valence-electron chi connectivity index (χ2n) is 4.04. The molecule has 2 N–H and O–H groups in total. The van der Waals surface area contributed by atoms with Crippen molar-refractivity contribution in [3.05, 3.63) is 12.2 Å². The molecule has 1 heterocycles. The molecule has 1 rings (SSSR count). The Labute approximate surface area is 81.8 Å². The van der Waals surface area contributed by atoms with E-state index in [4.69, 9.17) is 5.73 Å². The van der Waals surface area contributed by atoms with Crippen molar-refractivity contribution in [2.75, 3.05) is 26.2 Å². The highest BCUT2D eigenvalue weighted by molar-refractivity contribution is 4.90. The van der Waals surface area contributed by atoms with Crippen molar-refractivity contribution in [3.8, 4) is 0 Å². The van der Waals surface area contributed by atoms with E-state index in [2.05, 4.69) is 24.0 Å². The Bertz CT molecular complexity index is 154. The van der Waals surface area contributed by atoms with Gasteiger partial charge in [0.25, 0.3) is 0 Å². The van der Waals surface area contributed by atoms with E-state index >= 15 is 0 Å². The predicted octanol–water partition coefficient (Wildman–Crippen LogP) is 1.62. The summed E-state index contributed by atoms with van der Waals surface area (Å²) in [6.07, 6.45) is 8.35. The van der Waals surface area contributed by atoms with Gasteiger partial charge in [0.15, 0.2) is 0 Å². The molecule has 1 atom stereocenters. The summed E-state index contributed by atoms with van der Waals surface area (Å²) >= 11 is 0. The third-order valence-electron chi connectivity index (χ3n) is 2.72. The van der Waals surface area contributed by atoms with E-state index in [0.29, 0.717) is 5.92 Å². The van der Waals surface area contributed by atoms with Crippen LogP contribution in [0.5, 0.6) is 0 Å². The Hall–Kier alpha value is -0.340. The van der Waals surface area contributed by atoms with Gasteiger partial charge in [0.1, 0.15) is 0 Å². The van der Waals surface area contributed by atoms with Crippen molar-refractivity contribution in [2.45, 2.75) is 26.2 Å². The van der Waals surface area contributed by atoms with Crippen molar-refractivity contribution in [3.63, 3.8) is 0 Å². The van der Waals surface area contributed by atoms with Crippen molar-refractivity contribution < 1.29 is 0 Å². The maximum Gasteiger partial charge on any atom is 0.0163 e. The fourth-order valence-electron chi connectivity index (χ4n) is 1.67. The highest BCUT2D eigenvalue weighted by atomic mass is 15.1. The molecule has 0 aliphatic carbocycles. The lowest BCUT2D eigenvalue weighted by molar-refractivity contribution is 0.284. The fraction of sp³-hybridized carbons (Fsp3) is 0.818. The molecule has 13 heavy (non-hydrogen) atoms. The van der Waals surface area contributed by atoms with Crippen LogP contribution in [0.3, 0.4) is 0 Å². The molecule has 0 saturated heterocycles. The molecule has 2 nitrogen and oxygen atoms in total. The van der Waals surface area contributed by atoms with Crippen LogP contribution in [-0.4, -0.2) is 31.1 Å². The largest absolute Gasteiger partial charge is 0.330 e. The van der Waals surface area contributed by atoms with Gasteiger partial charge >= 0.3 is 0 Å². The average molecular weight is 182 g/mol. The quantitative estimate of drug-likeness (QED) is 0.655. The maximum absolute atomic E-state index is 5.57. The molecular weight excluding hydrogens is 160 g/mol. The van der Waals surface area contributed by atoms with E-state index in [1.165, 1.54) is 32.4 Å². The summed E-state index contributed by atoms with van der Waals surface area (Å²) in [5, 5.41) is 0. The van der Waals surface area contributed by atoms with E-state index in [-0.39, 0.29) is 0 Å². The molecule has 0 spiro atoms. The van der Waals surface area contributed by atoms with Gasteiger partial charge in [-0.3, -0.25) is 4.90 Å². The van der Waals surface area contributed by atoms with Crippen LogP contribution in [-0.2, 0) is 0 Å². The molecule has 0 radical (unpaired) electrons. The molecule has 2 heteroatoms. The second-order valence-corrected chi connectivity index (χ2v) is 4.04. The van der Waals surface area contributed by atoms with Gasteiger partial charge in [-0.25, -0.2) is 0 Å². The summed E-state index contributed by atoms with van der Waals surface area (Å²) in [7, 11) is 0. The number of rotatable bonds is 5. The van der Waals surface area contributed by atoms with Gasteiger partial charge in [-0.15, -0.1) is 0 Å². The third kappa shape index (κ3) is 4.44. The zero-order valence-corrected chi connectivity index (χ0v) is 8.71. The van der Waals surface area contributed by atoms with Gasteiger partial charge in [-0.2, -0.15) is 0 Å². The molecule has 76 valence electrons. The van der Waals surface area contributed by atoms with Gasteiger partial charge in [-0.1, -0.05) is 19.1 Å². The first-order chi connectivity index (χ1) is 6.33. The molecule has 0 aromatic rings. The summed E-state index contributed by atoms with van der Waals surface area (Å²) in [6, 6.07) is 0. The van der Waals surface area contributed by atoms with E-state index in [0.717, 1.165) is 13.1 Å². The Kier molecular flexibility index (Phi) is 5.09. The molecule has 1 unspecified atom stereocenters. The van der Waals surface area contributed by atoms with Crippen LogP contribution in [0, 0.1) is 5.92 Å². The summed E-state index contributed by atoms with van der Waals surface area (Å²) < 4.78 is 0. The van der Waals surface area contributed by atoms with Crippen LogP contribution in [0.2, 0.25) is 0 Å². The molecule has 0 aromatic heterocycles. The third-order valence-corrected chi connectivity index (χ3v) is 2.72. The summed E-state index contributed by atoms with van der Waals surface area (Å²) in [4.78, 5) is 2.52. The molecule has 0 aromatic carbocycles. The molecular formula is C11H22N2. The highest BCUT2D eigenvalue weighted by Gasteiger charge is 2.06. The number of nitrogens with zero attached hydrogens (tertiary/aromatic N) is 1. The summed E-state index contributed by atoms with van der Waals surface area (Å²) in [6.45, 7) is 6.70. The average Bonchev–Trinajstić information content (AvgIpc) is 2.19. The minimum absolute atomic E-state index is 0.695. The van der Waals surface area contributed by atoms with Crippen LogP contribution in [0.4, 0.5) is 0 Å². The van der Waals surface area contributed by atoms with E-state index in [1.807, 2.05) is 0 Å². The Morgan fingerprint density at radius 2 is 2.31 bits per heavy atom. The molecule has 0 bridgehead atoms. The van der Waals surface area contributed by atoms with Crippen molar-refractivity contribution in [1.29, 1.82) is 0 Å². The lowest BCUT2D eigenvalue weighted by Crippen LogP contribution is -2.28. The molecule has 0 amide bonds. The molecule has 0 fully saturated rings. The topological polar surface area (TPSA) is 29.3 Å². The van der Waals surface area contributed by atoms with Crippen LogP contribution in [0.25, 0.3) is 0 Å². The monoisotopic (exact) mass is 182 g/mol. The zero-order valence-electron chi connectivity index (χ0n) is 8.71. The van der Waals surface area contributed by atoms with Crippen LogP contribution in [0.1, 0.15) is 26.2 Å². The summed E-state index contributed by atoms with van der Waals surface area (Å²) in [5.41, 5.74) is 5.57. The number of hydrogen-bond acceptors (Lipinski definition) is 2. The minimum Gasteiger partial charge on any atom is -0.330 e. The van der Waals surface area contributed by atoms with Crippen molar-refractivity contribution in [1.82, 2.24) is 4.90 Å². The smallest absolute Gasteiger partial charge is 0.0163 e. The Balaban J connectivity index is 2.02. The van der Waals surface area contributed by atoms with Gasteiger partial charge < -0.3 is 5.73 Å². The van der Waals surface area contributed by atoms with Crippen molar-refractivity contribution in [2.24, 2.45) is 11.7 Å². The van der Waals surface area contributed by atoms with Crippen molar-refractivity contribution >= 4 is 0 Å². The van der Waals surface area contributed by atoms with E-state index < -0.39 is 0 Å².